The Kier molecular flexibility index (Phi) is 11.1. The Labute approximate surface area is 197 Å². The summed E-state index contributed by atoms with van der Waals surface area (Å²) in [7, 11) is 1.88. The number of guanidine groups is 1. The van der Waals surface area contributed by atoms with Gasteiger partial charge in [0.1, 0.15) is 0 Å². The second-order valence-electron chi connectivity index (χ2n) is 7.94. The van der Waals surface area contributed by atoms with E-state index in [-0.39, 0.29) is 24.0 Å². The molecule has 0 spiro atoms. The van der Waals surface area contributed by atoms with E-state index in [1.54, 1.807) is 0 Å². The van der Waals surface area contributed by atoms with Gasteiger partial charge in [-0.2, -0.15) is 11.8 Å². The molecule has 2 fully saturated rings. The number of hydrogen-bond donors (Lipinski definition) is 1. The van der Waals surface area contributed by atoms with E-state index in [0.717, 1.165) is 51.6 Å². The summed E-state index contributed by atoms with van der Waals surface area (Å²) in [5.41, 5.74) is 2.50. The van der Waals surface area contributed by atoms with Crippen molar-refractivity contribution in [1.82, 2.24) is 10.2 Å². The zero-order valence-corrected chi connectivity index (χ0v) is 21.1. The molecule has 1 aromatic carbocycles. The number of nitrogens with zero attached hydrogens (tertiary/aromatic N) is 2. The van der Waals surface area contributed by atoms with Crippen LogP contribution in [0.15, 0.2) is 29.3 Å². The highest BCUT2D eigenvalue weighted by Crippen LogP contribution is 2.25. The molecule has 0 aliphatic carbocycles. The lowest BCUT2D eigenvalue weighted by Gasteiger charge is -2.36. The maximum Gasteiger partial charge on any atom is 0.193 e. The van der Waals surface area contributed by atoms with Crippen molar-refractivity contribution in [3.63, 3.8) is 0 Å². The maximum atomic E-state index is 6.01. The SMILES string of the molecule is CN=C(NCc1ccc(COC2CCOCC2)cc1)N1CCSC(C(C)C)C1.I. The lowest BCUT2D eigenvalue weighted by molar-refractivity contribution is -0.0390. The van der Waals surface area contributed by atoms with Crippen molar-refractivity contribution in [3.8, 4) is 0 Å². The van der Waals surface area contributed by atoms with Gasteiger partial charge < -0.3 is 19.7 Å². The highest BCUT2D eigenvalue weighted by molar-refractivity contribution is 14.0. The fourth-order valence-electron chi connectivity index (χ4n) is 3.59. The average molecular weight is 534 g/mol. The Morgan fingerprint density at radius 1 is 1.24 bits per heavy atom. The summed E-state index contributed by atoms with van der Waals surface area (Å²) in [6.45, 7) is 9.89. The van der Waals surface area contributed by atoms with Crippen molar-refractivity contribution in [2.45, 2.75) is 51.2 Å². The zero-order chi connectivity index (χ0) is 19.8. The molecule has 0 aromatic heterocycles. The van der Waals surface area contributed by atoms with Crippen LogP contribution in [-0.4, -0.2) is 61.3 Å². The van der Waals surface area contributed by atoms with Crippen LogP contribution in [0.1, 0.15) is 37.8 Å². The third-order valence-electron chi connectivity index (χ3n) is 5.48. The Hall–Kier alpha value is -0.510. The summed E-state index contributed by atoms with van der Waals surface area (Å²) in [6, 6.07) is 8.72. The van der Waals surface area contributed by atoms with Gasteiger partial charge >= 0.3 is 0 Å². The van der Waals surface area contributed by atoms with Crippen LogP contribution in [0.4, 0.5) is 0 Å². The standard InChI is InChI=1S/C22H35N3O2S.HI/c1-17(2)21-15-25(10-13-28-21)22(23-3)24-14-18-4-6-19(7-5-18)16-27-20-8-11-26-12-9-20;/h4-7,17,20-21H,8-16H2,1-3H3,(H,23,24);1H. The van der Waals surface area contributed by atoms with Crippen LogP contribution in [-0.2, 0) is 22.6 Å². The van der Waals surface area contributed by atoms with E-state index in [1.165, 1.54) is 16.9 Å². The summed E-state index contributed by atoms with van der Waals surface area (Å²) < 4.78 is 11.4. The first-order chi connectivity index (χ1) is 13.7. The highest BCUT2D eigenvalue weighted by atomic mass is 127. The number of hydrogen-bond acceptors (Lipinski definition) is 4. The minimum absolute atomic E-state index is 0. The van der Waals surface area contributed by atoms with Crippen molar-refractivity contribution in [3.05, 3.63) is 35.4 Å². The predicted octanol–water partition coefficient (Wildman–Crippen LogP) is 4.15. The van der Waals surface area contributed by atoms with E-state index in [0.29, 0.717) is 23.9 Å². The minimum Gasteiger partial charge on any atom is -0.381 e. The molecule has 0 saturated carbocycles. The monoisotopic (exact) mass is 533 g/mol. The molecule has 2 heterocycles. The highest BCUT2D eigenvalue weighted by Gasteiger charge is 2.24. The molecule has 1 N–H and O–H groups in total. The van der Waals surface area contributed by atoms with Gasteiger partial charge in [-0.1, -0.05) is 38.1 Å². The summed E-state index contributed by atoms with van der Waals surface area (Å²) in [5, 5.41) is 4.22. The molecule has 1 aromatic rings. The molecule has 3 rings (SSSR count). The fourth-order valence-corrected chi connectivity index (χ4v) is 4.89. The van der Waals surface area contributed by atoms with Crippen LogP contribution in [0, 0.1) is 5.92 Å². The molecule has 2 saturated heterocycles. The molecule has 1 unspecified atom stereocenters. The summed E-state index contributed by atoms with van der Waals surface area (Å²) in [4.78, 5) is 6.91. The lowest BCUT2D eigenvalue weighted by Crippen LogP contribution is -2.48. The van der Waals surface area contributed by atoms with Crippen molar-refractivity contribution in [2.75, 3.05) is 39.1 Å². The Balaban J connectivity index is 0.00000300. The number of ether oxygens (including phenoxy) is 2. The smallest absolute Gasteiger partial charge is 0.193 e. The van der Waals surface area contributed by atoms with E-state index in [1.807, 2.05) is 7.05 Å². The largest absolute Gasteiger partial charge is 0.381 e. The van der Waals surface area contributed by atoms with Gasteiger partial charge in [0.2, 0.25) is 0 Å². The van der Waals surface area contributed by atoms with E-state index in [2.05, 4.69) is 65.1 Å². The molecule has 29 heavy (non-hydrogen) atoms. The number of aliphatic imine (C=N–C) groups is 1. The number of thioether (sulfide) groups is 1. The van der Waals surface area contributed by atoms with Crippen molar-refractivity contribution in [2.24, 2.45) is 10.9 Å². The van der Waals surface area contributed by atoms with Gasteiger partial charge in [-0.3, -0.25) is 4.99 Å². The average Bonchev–Trinajstić information content (AvgIpc) is 2.74. The number of rotatable bonds is 6. The molecular formula is C22H36IN3O2S. The number of nitrogens with one attached hydrogen (secondary N) is 1. The van der Waals surface area contributed by atoms with Gasteiger partial charge in [0.25, 0.3) is 0 Å². The third-order valence-corrected chi connectivity index (χ3v) is 7.02. The van der Waals surface area contributed by atoms with Gasteiger partial charge in [-0.25, -0.2) is 0 Å². The van der Waals surface area contributed by atoms with Crippen LogP contribution in [0.5, 0.6) is 0 Å². The van der Waals surface area contributed by atoms with Gasteiger partial charge in [0.15, 0.2) is 5.96 Å². The third kappa shape index (κ3) is 7.92. The Morgan fingerprint density at radius 2 is 1.93 bits per heavy atom. The molecule has 5 nitrogen and oxygen atoms in total. The molecule has 164 valence electrons. The second-order valence-corrected chi connectivity index (χ2v) is 9.29. The Morgan fingerprint density at radius 3 is 2.59 bits per heavy atom. The van der Waals surface area contributed by atoms with Gasteiger partial charge in [-0.05, 0) is 29.9 Å². The summed E-state index contributed by atoms with van der Waals surface area (Å²) in [6.07, 6.45) is 2.36. The molecule has 1 atom stereocenters. The topological polar surface area (TPSA) is 46.1 Å². The van der Waals surface area contributed by atoms with Gasteiger partial charge in [0, 0.05) is 50.9 Å². The first kappa shape index (κ1) is 24.8. The van der Waals surface area contributed by atoms with Crippen molar-refractivity contribution in [1.29, 1.82) is 0 Å². The van der Waals surface area contributed by atoms with E-state index in [9.17, 15) is 0 Å². The quantitative estimate of drug-likeness (QED) is 0.338. The Bertz CT molecular complexity index is 621. The van der Waals surface area contributed by atoms with E-state index in [4.69, 9.17) is 9.47 Å². The normalized spacial score (nSPS) is 21.2. The van der Waals surface area contributed by atoms with Crippen LogP contribution in [0.25, 0.3) is 0 Å². The number of benzene rings is 1. The molecule has 0 bridgehead atoms. The predicted molar refractivity (Wildman–Crippen MR) is 133 cm³/mol. The van der Waals surface area contributed by atoms with Gasteiger partial charge in [-0.15, -0.1) is 24.0 Å². The van der Waals surface area contributed by atoms with Gasteiger partial charge in [0.05, 0.1) is 12.7 Å². The van der Waals surface area contributed by atoms with Crippen LogP contribution < -0.4 is 5.32 Å². The second kappa shape index (κ2) is 13.0. The summed E-state index contributed by atoms with van der Waals surface area (Å²) in [5.74, 6) is 2.88. The van der Waals surface area contributed by atoms with Crippen LogP contribution in [0.2, 0.25) is 0 Å². The fraction of sp³-hybridized carbons (Fsp3) is 0.682. The first-order valence-electron chi connectivity index (χ1n) is 10.5. The van der Waals surface area contributed by atoms with E-state index < -0.39 is 0 Å². The number of halogens is 1. The van der Waals surface area contributed by atoms with Crippen molar-refractivity contribution >= 4 is 41.7 Å². The van der Waals surface area contributed by atoms with Crippen LogP contribution >= 0.6 is 35.7 Å². The summed E-state index contributed by atoms with van der Waals surface area (Å²) >= 11 is 2.09. The van der Waals surface area contributed by atoms with E-state index >= 15 is 0 Å². The maximum absolute atomic E-state index is 6.01. The molecule has 0 radical (unpaired) electrons. The molecule has 7 heteroatoms. The van der Waals surface area contributed by atoms with Crippen LogP contribution in [0.3, 0.4) is 0 Å². The molecule has 2 aliphatic rings. The molecule has 0 amide bonds. The zero-order valence-electron chi connectivity index (χ0n) is 17.9. The molecular weight excluding hydrogens is 497 g/mol. The minimum atomic E-state index is 0. The lowest BCUT2D eigenvalue weighted by atomic mass is 10.1. The van der Waals surface area contributed by atoms with Crippen molar-refractivity contribution < 1.29 is 9.47 Å². The first-order valence-corrected chi connectivity index (χ1v) is 11.5. The molecule has 2 aliphatic heterocycles.